The quantitative estimate of drug-likeness (QED) is 0.255. The molecule has 1 N–H and O–H groups in total. The summed E-state index contributed by atoms with van der Waals surface area (Å²) in [7, 11) is 0. The number of rotatable bonds is 17. The van der Waals surface area contributed by atoms with Crippen LogP contribution >= 0.6 is 0 Å². The van der Waals surface area contributed by atoms with Gasteiger partial charge in [0.1, 0.15) is 0 Å². The van der Waals surface area contributed by atoms with Crippen molar-refractivity contribution in [2.24, 2.45) is 0 Å². The fraction of sp³-hybridized carbons (Fsp3) is 1.00. The molecular formula is C19H40O2. The Morgan fingerprint density at radius 2 is 1.05 bits per heavy atom. The molecule has 0 rings (SSSR count). The minimum Gasteiger partial charge on any atom is -0.368 e. The SMILES string of the molecule is CCCCCCCCCOC(O)CCCCCCCCC. The maximum Gasteiger partial charge on any atom is 0.154 e. The molecule has 1 unspecified atom stereocenters. The van der Waals surface area contributed by atoms with Crippen molar-refractivity contribution in [1.82, 2.24) is 0 Å². The van der Waals surface area contributed by atoms with Gasteiger partial charge in [-0.15, -0.1) is 0 Å². The van der Waals surface area contributed by atoms with Crippen LogP contribution in [0.4, 0.5) is 0 Å². The second-order valence-corrected chi connectivity index (χ2v) is 6.36. The molecule has 0 bridgehead atoms. The predicted molar refractivity (Wildman–Crippen MR) is 92.6 cm³/mol. The van der Waals surface area contributed by atoms with Crippen LogP contribution in [-0.2, 0) is 4.74 Å². The number of ether oxygens (including phenoxy) is 1. The zero-order valence-corrected chi connectivity index (χ0v) is 14.7. The molecule has 0 heterocycles. The maximum absolute atomic E-state index is 9.74. The Bertz CT molecular complexity index is 182. The molecule has 21 heavy (non-hydrogen) atoms. The largest absolute Gasteiger partial charge is 0.368 e. The second-order valence-electron chi connectivity index (χ2n) is 6.36. The first-order valence-electron chi connectivity index (χ1n) is 9.61. The van der Waals surface area contributed by atoms with Crippen LogP contribution in [0.1, 0.15) is 110 Å². The summed E-state index contributed by atoms with van der Waals surface area (Å²) in [5.74, 6) is 0. The van der Waals surface area contributed by atoms with E-state index in [0.717, 1.165) is 25.9 Å². The lowest BCUT2D eigenvalue weighted by Gasteiger charge is -2.11. The Morgan fingerprint density at radius 1 is 0.619 bits per heavy atom. The molecule has 0 amide bonds. The van der Waals surface area contributed by atoms with E-state index in [0.29, 0.717) is 0 Å². The van der Waals surface area contributed by atoms with Gasteiger partial charge >= 0.3 is 0 Å². The third-order valence-corrected chi connectivity index (χ3v) is 4.11. The third kappa shape index (κ3) is 17.9. The topological polar surface area (TPSA) is 29.5 Å². The minimum atomic E-state index is -0.527. The smallest absolute Gasteiger partial charge is 0.154 e. The molecule has 1 atom stereocenters. The van der Waals surface area contributed by atoms with Crippen LogP contribution in [-0.4, -0.2) is 18.0 Å². The van der Waals surface area contributed by atoms with Gasteiger partial charge in [-0.1, -0.05) is 90.9 Å². The van der Waals surface area contributed by atoms with Gasteiger partial charge in [0.15, 0.2) is 6.29 Å². The molecular weight excluding hydrogens is 260 g/mol. The molecule has 0 fully saturated rings. The number of aliphatic hydroxyl groups excluding tert-OH is 1. The van der Waals surface area contributed by atoms with Gasteiger partial charge in [0.2, 0.25) is 0 Å². The summed E-state index contributed by atoms with van der Waals surface area (Å²) >= 11 is 0. The first-order valence-corrected chi connectivity index (χ1v) is 9.61. The Balaban J connectivity index is 3.11. The molecule has 2 heteroatoms. The highest BCUT2D eigenvalue weighted by atomic mass is 16.6. The van der Waals surface area contributed by atoms with Crippen LogP contribution in [0.5, 0.6) is 0 Å². The molecule has 0 aliphatic carbocycles. The minimum absolute atomic E-state index is 0.527. The highest BCUT2D eigenvalue weighted by Crippen LogP contribution is 2.11. The highest BCUT2D eigenvalue weighted by molar-refractivity contribution is 4.49. The lowest BCUT2D eigenvalue weighted by Crippen LogP contribution is -2.12. The van der Waals surface area contributed by atoms with Crippen LogP contribution in [0.25, 0.3) is 0 Å². The fourth-order valence-corrected chi connectivity index (χ4v) is 2.64. The van der Waals surface area contributed by atoms with E-state index in [-0.39, 0.29) is 0 Å². The molecule has 0 aliphatic rings. The maximum atomic E-state index is 9.74. The third-order valence-electron chi connectivity index (χ3n) is 4.11. The summed E-state index contributed by atoms with van der Waals surface area (Å²) in [6, 6.07) is 0. The van der Waals surface area contributed by atoms with Gasteiger partial charge in [-0.2, -0.15) is 0 Å². The van der Waals surface area contributed by atoms with Crippen molar-refractivity contribution < 1.29 is 9.84 Å². The average molecular weight is 301 g/mol. The van der Waals surface area contributed by atoms with Crippen molar-refractivity contribution in [1.29, 1.82) is 0 Å². The van der Waals surface area contributed by atoms with E-state index >= 15 is 0 Å². The van der Waals surface area contributed by atoms with Gasteiger partial charge in [0, 0.05) is 6.61 Å². The second kappa shape index (κ2) is 18.0. The molecule has 128 valence electrons. The standard InChI is InChI=1S/C19H40O2/c1-3-5-7-9-11-13-15-17-19(20)21-18-16-14-12-10-8-6-4-2/h19-20H,3-18H2,1-2H3. The normalized spacial score (nSPS) is 12.7. The van der Waals surface area contributed by atoms with Gasteiger partial charge in [-0.05, 0) is 19.3 Å². The fourth-order valence-electron chi connectivity index (χ4n) is 2.64. The Hall–Kier alpha value is -0.0800. The first kappa shape index (κ1) is 20.9. The molecule has 0 aromatic heterocycles. The molecule has 0 radical (unpaired) electrons. The molecule has 0 aliphatic heterocycles. The highest BCUT2D eigenvalue weighted by Gasteiger charge is 2.03. The van der Waals surface area contributed by atoms with Crippen LogP contribution in [0.3, 0.4) is 0 Å². The van der Waals surface area contributed by atoms with E-state index in [1.54, 1.807) is 0 Å². The van der Waals surface area contributed by atoms with Gasteiger partial charge in [-0.25, -0.2) is 0 Å². The Kier molecular flexibility index (Phi) is 17.9. The number of hydrogen-bond acceptors (Lipinski definition) is 2. The molecule has 0 spiro atoms. The lowest BCUT2D eigenvalue weighted by molar-refractivity contribution is -0.105. The van der Waals surface area contributed by atoms with Crippen LogP contribution in [0.15, 0.2) is 0 Å². The summed E-state index contributed by atoms with van der Waals surface area (Å²) < 4.78 is 5.47. The van der Waals surface area contributed by atoms with Crippen molar-refractivity contribution >= 4 is 0 Å². The van der Waals surface area contributed by atoms with Crippen LogP contribution in [0.2, 0.25) is 0 Å². The van der Waals surface area contributed by atoms with Crippen LogP contribution in [0, 0.1) is 0 Å². The van der Waals surface area contributed by atoms with E-state index in [9.17, 15) is 5.11 Å². The Morgan fingerprint density at radius 3 is 1.57 bits per heavy atom. The molecule has 0 aromatic rings. The van der Waals surface area contributed by atoms with E-state index in [1.165, 1.54) is 77.0 Å². The Labute approximate surface area is 133 Å². The molecule has 0 saturated heterocycles. The summed E-state index contributed by atoms with van der Waals surface area (Å²) in [5, 5.41) is 9.74. The van der Waals surface area contributed by atoms with Gasteiger partial charge < -0.3 is 9.84 Å². The molecule has 2 nitrogen and oxygen atoms in total. The van der Waals surface area contributed by atoms with Crippen molar-refractivity contribution in [2.75, 3.05) is 6.61 Å². The number of unbranched alkanes of at least 4 members (excludes halogenated alkanes) is 12. The summed E-state index contributed by atoms with van der Waals surface area (Å²) in [4.78, 5) is 0. The predicted octanol–water partition coefficient (Wildman–Crippen LogP) is 6.21. The van der Waals surface area contributed by atoms with Crippen molar-refractivity contribution in [3.8, 4) is 0 Å². The monoisotopic (exact) mass is 300 g/mol. The number of aliphatic hydroxyl groups is 1. The average Bonchev–Trinajstić information content (AvgIpc) is 2.49. The van der Waals surface area contributed by atoms with Crippen molar-refractivity contribution in [3.63, 3.8) is 0 Å². The summed E-state index contributed by atoms with van der Waals surface area (Å²) in [5.41, 5.74) is 0. The van der Waals surface area contributed by atoms with E-state index < -0.39 is 6.29 Å². The lowest BCUT2D eigenvalue weighted by atomic mass is 10.1. The van der Waals surface area contributed by atoms with Gasteiger partial charge in [-0.3, -0.25) is 0 Å². The van der Waals surface area contributed by atoms with Gasteiger partial charge in [0.05, 0.1) is 0 Å². The summed E-state index contributed by atoms with van der Waals surface area (Å²) in [6.45, 7) is 5.23. The van der Waals surface area contributed by atoms with Crippen molar-refractivity contribution in [3.05, 3.63) is 0 Å². The van der Waals surface area contributed by atoms with Crippen LogP contribution < -0.4 is 0 Å². The summed E-state index contributed by atoms with van der Waals surface area (Å²) in [6.07, 6.45) is 18.4. The van der Waals surface area contributed by atoms with Crippen molar-refractivity contribution in [2.45, 2.75) is 116 Å². The molecule has 0 saturated carbocycles. The van der Waals surface area contributed by atoms with E-state index in [1.807, 2.05) is 0 Å². The zero-order chi connectivity index (χ0) is 15.6. The number of hydrogen-bond donors (Lipinski definition) is 1. The zero-order valence-electron chi connectivity index (χ0n) is 14.7. The van der Waals surface area contributed by atoms with E-state index in [2.05, 4.69) is 13.8 Å². The molecule has 0 aromatic carbocycles. The van der Waals surface area contributed by atoms with Gasteiger partial charge in [0.25, 0.3) is 0 Å². The first-order chi connectivity index (χ1) is 10.3. The van der Waals surface area contributed by atoms with E-state index in [4.69, 9.17) is 4.74 Å².